The molecule has 7 heteroatoms. The molecule has 3 N–H and O–H groups in total. The third-order valence-electron chi connectivity index (χ3n) is 3.80. The SMILES string of the molecule is Cc1nc(NCCNC(=O)Nc2ccccc2C)cc(-n2cccc2)n1. The van der Waals surface area contributed by atoms with Crippen LogP contribution in [-0.4, -0.2) is 33.7 Å². The molecule has 0 unspecified atom stereocenters. The zero-order valence-corrected chi connectivity index (χ0v) is 14.9. The molecule has 3 rings (SSSR count). The Morgan fingerprint density at radius 3 is 2.58 bits per heavy atom. The summed E-state index contributed by atoms with van der Waals surface area (Å²) in [5.41, 5.74) is 1.83. The number of benzene rings is 1. The second kappa shape index (κ2) is 8.15. The summed E-state index contributed by atoms with van der Waals surface area (Å²) in [5.74, 6) is 2.21. The summed E-state index contributed by atoms with van der Waals surface area (Å²) >= 11 is 0. The quantitative estimate of drug-likeness (QED) is 0.597. The van der Waals surface area contributed by atoms with E-state index in [2.05, 4.69) is 25.9 Å². The maximum absolute atomic E-state index is 12.0. The van der Waals surface area contributed by atoms with Crippen LogP contribution in [-0.2, 0) is 0 Å². The Balaban J connectivity index is 1.49. The Labute approximate surface area is 152 Å². The summed E-state index contributed by atoms with van der Waals surface area (Å²) in [6.45, 7) is 4.84. The van der Waals surface area contributed by atoms with E-state index >= 15 is 0 Å². The number of aromatic nitrogens is 3. The number of para-hydroxylation sites is 1. The molecule has 0 radical (unpaired) electrons. The zero-order valence-electron chi connectivity index (χ0n) is 14.9. The van der Waals surface area contributed by atoms with Gasteiger partial charge in [-0.2, -0.15) is 0 Å². The lowest BCUT2D eigenvalue weighted by molar-refractivity contribution is 0.252. The molecule has 26 heavy (non-hydrogen) atoms. The second-order valence-corrected chi connectivity index (χ2v) is 5.87. The van der Waals surface area contributed by atoms with Gasteiger partial charge in [-0.1, -0.05) is 18.2 Å². The molecule has 0 bridgehead atoms. The average molecular weight is 350 g/mol. The van der Waals surface area contributed by atoms with Gasteiger partial charge in [0.05, 0.1) is 0 Å². The van der Waals surface area contributed by atoms with Crippen molar-refractivity contribution in [1.29, 1.82) is 0 Å². The van der Waals surface area contributed by atoms with Crippen molar-refractivity contribution in [1.82, 2.24) is 19.9 Å². The summed E-state index contributed by atoms with van der Waals surface area (Å²) in [7, 11) is 0. The lowest BCUT2D eigenvalue weighted by atomic mass is 10.2. The molecular weight excluding hydrogens is 328 g/mol. The highest BCUT2D eigenvalue weighted by molar-refractivity contribution is 5.90. The van der Waals surface area contributed by atoms with E-state index in [1.165, 1.54) is 0 Å². The van der Waals surface area contributed by atoms with Crippen LogP contribution < -0.4 is 16.0 Å². The largest absolute Gasteiger partial charge is 0.368 e. The first kappa shape index (κ1) is 17.5. The molecule has 3 aromatic rings. The number of aryl methyl sites for hydroxylation is 2. The highest BCUT2D eigenvalue weighted by Gasteiger charge is 2.05. The van der Waals surface area contributed by atoms with Gasteiger partial charge in [0.1, 0.15) is 17.5 Å². The van der Waals surface area contributed by atoms with Gasteiger partial charge in [-0.15, -0.1) is 0 Å². The van der Waals surface area contributed by atoms with Crippen LogP contribution in [0.5, 0.6) is 0 Å². The summed E-state index contributed by atoms with van der Waals surface area (Å²) in [6.07, 6.45) is 3.87. The minimum absolute atomic E-state index is 0.229. The minimum atomic E-state index is -0.229. The molecule has 0 saturated carbocycles. The minimum Gasteiger partial charge on any atom is -0.368 e. The number of rotatable bonds is 6. The van der Waals surface area contributed by atoms with E-state index in [0.29, 0.717) is 18.9 Å². The van der Waals surface area contributed by atoms with E-state index in [9.17, 15) is 4.79 Å². The normalized spacial score (nSPS) is 10.4. The maximum Gasteiger partial charge on any atom is 0.319 e. The van der Waals surface area contributed by atoms with E-state index in [1.807, 2.05) is 73.3 Å². The molecule has 2 aromatic heterocycles. The summed E-state index contributed by atoms with van der Waals surface area (Å²) in [5, 5.41) is 8.87. The number of carbonyl (C=O) groups excluding carboxylic acids is 1. The topological polar surface area (TPSA) is 83.9 Å². The summed E-state index contributed by atoms with van der Waals surface area (Å²) in [6, 6.07) is 13.2. The van der Waals surface area contributed by atoms with Crippen LogP contribution in [0.25, 0.3) is 5.82 Å². The van der Waals surface area contributed by atoms with Crippen molar-refractivity contribution in [2.75, 3.05) is 23.7 Å². The number of carbonyl (C=O) groups is 1. The molecule has 0 spiro atoms. The van der Waals surface area contributed by atoms with Crippen molar-refractivity contribution in [2.24, 2.45) is 0 Å². The number of urea groups is 1. The number of anilines is 2. The second-order valence-electron chi connectivity index (χ2n) is 5.87. The molecule has 7 nitrogen and oxygen atoms in total. The van der Waals surface area contributed by atoms with Gasteiger partial charge in [-0.3, -0.25) is 0 Å². The highest BCUT2D eigenvalue weighted by atomic mass is 16.2. The summed E-state index contributed by atoms with van der Waals surface area (Å²) < 4.78 is 1.92. The van der Waals surface area contributed by atoms with E-state index in [-0.39, 0.29) is 6.03 Å². The van der Waals surface area contributed by atoms with Crippen LogP contribution in [0.3, 0.4) is 0 Å². The van der Waals surface area contributed by atoms with Gasteiger partial charge in [-0.25, -0.2) is 14.8 Å². The van der Waals surface area contributed by atoms with Crippen LogP contribution in [0.2, 0.25) is 0 Å². The van der Waals surface area contributed by atoms with E-state index in [1.54, 1.807) is 0 Å². The number of hydrogen-bond acceptors (Lipinski definition) is 4. The zero-order chi connectivity index (χ0) is 18.4. The van der Waals surface area contributed by atoms with Crippen molar-refractivity contribution in [3.8, 4) is 5.82 Å². The molecule has 0 atom stereocenters. The van der Waals surface area contributed by atoms with Crippen LogP contribution in [0, 0.1) is 13.8 Å². The van der Waals surface area contributed by atoms with Crippen molar-refractivity contribution in [3.05, 3.63) is 66.2 Å². The van der Waals surface area contributed by atoms with E-state index < -0.39 is 0 Å². The molecule has 0 fully saturated rings. The molecule has 2 heterocycles. The van der Waals surface area contributed by atoms with Crippen LogP contribution in [0.4, 0.5) is 16.3 Å². The fraction of sp³-hybridized carbons (Fsp3) is 0.211. The molecular formula is C19H22N6O. The molecule has 0 aliphatic rings. The maximum atomic E-state index is 12.0. The smallest absolute Gasteiger partial charge is 0.319 e. The standard InChI is InChI=1S/C19H22N6O/c1-14-7-3-4-8-16(14)24-19(26)21-10-9-20-17-13-18(23-15(2)22-17)25-11-5-6-12-25/h3-8,11-13H,9-10H2,1-2H3,(H,20,22,23)(H2,21,24,26). The Morgan fingerprint density at radius 1 is 1.04 bits per heavy atom. The fourth-order valence-corrected chi connectivity index (χ4v) is 2.51. The van der Waals surface area contributed by atoms with E-state index in [4.69, 9.17) is 0 Å². The van der Waals surface area contributed by atoms with Gasteiger partial charge in [0.2, 0.25) is 0 Å². The fourth-order valence-electron chi connectivity index (χ4n) is 2.51. The predicted molar refractivity (Wildman–Crippen MR) is 103 cm³/mol. The van der Waals surface area contributed by atoms with E-state index in [0.717, 1.165) is 22.9 Å². The molecule has 134 valence electrons. The first-order valence-corrected chi connectivity index (χ1v) is 8.45. The molecule has 0 aliphatic heterocycles. The van der Waals surface area contributed by atoms with Crippen LogP contribution in [0.15, 0.2) is 54.9 Å². The Morgan fingerprint density at radius 2 is 1.81 bits per heavy atom. The number of hydrogen-bond donors (Lipinski definition) is 3. The van der Waals surface area contributed by atoms with Crippen molar-refractivity contribution in [2.45, 2.75) is 13.8 Å². The lowest BCUT2D eigenvalue weighted by Gasteiger charge is -2.11. The van der Waals surface area contributed by atoms with Gasteiger partial charge < -0.3 is 20.5 Å². The van der Waals surface area contributed by atoms with Crippen molar-refractivity contribution < 1.29 is 4.79 Å². The number of amides is 2. The summed E-state index contributed by atoms with van der Waals surface area (Å²) in [4.78, 5) is 20.8. The Hall–Kier alpha value is -3.35. The first-order chi connectivity index (χ1) is 12.6. The third kappa shape index (κ3) is 4.60. The highest BCUT2D eigenvalue weighted by Crippen LogP contribution is 2.13. The van der Waals surface area contributed by atoms with Gasteiger partial charge >= 0.3 is 6.03 Å². The van der Waals surface area contributed by atoms with Crippen LogP contribution in [0.1, 0.15) is 11.4 Å². The number of nitrogens with zero attached hydrogens (tertiary/aromatic N) is 3. The van der Waals surface area contributed by atoms with Crippen molar-refractivity contribution in [3.63, 3.8) is 0 Å². The van der Waals surface area contributed by atoms with Gasteiger partial charge in [0.25, 0.3) is 0 Å². The molecule has 1 aromatic carbocycles. The Bertz CT molecular complexity index is 875. The van der Waals surface area contributed by atoms with Gasteiger partial charge in [-0.05, 0) is 37.6 Å². The third-order valence-corrected chi connectivity index (χ3v) is 3.80. The molecule has 2 amide bonds. The Kier molecular flexibility index (Phi) is 5.48. The monoisotopic (exact) mass is 350 g/mol. The van der Waals surface area contributed by atoms with Crippen LogP contribution >= 0.6 is 0 Å². The molecule has 0 aliphatic carbocycles. The number of nitrogens with one attached hydrogen (secondary N) is 3. The van der Waals surface area contributed by atoms with Gasteiger partial charge in [0.15, 0.2) is 0 Å². The average Bonchev–Trinajstić information content (AvgIpc) is 3.15. The first-order valence-electron chi connectivity index (χ1n) is 8.45. The van der Waals surface area contributed by atoms with Crippen molar-refractivity contribution >= 4 is 17.5 Å². The molecule has 0 saturated heterocycles. The predicted octanol–water partition coefficient (Wildman–Crippen LogP) is 3.12. The lowest BCUT2D eigenvalue weighted by Crippen LogP contribution is -2.33. The van der Waals surface area contributed by atoms with Gasteiger partial charge in [0, 0.05) is 37.2 Å².